The van der Waals surface area contributed by atoms with E-state index >= 15 is 0 Å². The highest BCUT2D eigenvalue weighted by atomic mass is 16.6. The first-order chi connectivity index (χ1) is 14.3. The monoisotopic (exact) mass is 411 g/mol. The van der Waals surface area contributed by atoms with E-state index < -0.39 is 10.5 Å². The van der Waals surface area contributed by atoms with Crippen LogP contribution < -0.4 is 5.56 Å². The predicted molar refractivity (Wildman–Crippen MR) is 112 cm³/mol. The number of nitro groups is 1. The second-order valence-corrected chi connectivity index (χ2v) is 7.09. The van der Waals surface area contributed by atoms with Crippen LogP contribution in [-0.2, 0) is 6.54 Å². The second kappa shape index (κ2) is 10.3. The minimum absolute atomic E-state index is 0.0398. The Labute approximate surface area is 174 Å². The van der Waals surface area contributed by atoms with Crippen LogP contribution in [0.5, 0.6) is 5.88 Å². The summed E-state index contributed by atoms with van der Waals surface area (Å²) in [6.45, 7) is 5.71. The van der Waals surface area contributed by atoms with Crippen molar-refractivity contribution in [1.29, 1.82) is 5.26 Å². The van der Waals surface area contributed by atoms with Crippen LogP contribution in [0.3, 0.4) is 0 Å². The maximum Gasteiger partial charge on any atom is 0.296 e. The van der Waals surface area contributed by atoms with E-state index in [0.717, 1.165) is 6.42 Å². The molecule has 1 heterocycles. The van der Waals surface area contributed by atoms with Gasteiger partial charge in [0.25, 0.3) is 11.2 Å². The van der Waals surface area contributed by atoms with Crippen LogP contribution >= 0.6 is 0 Å². The van der Waals surface area contributed by atoms with Gasteiger partial charge in [-0.15, -0.1) is 10.2 Å². The highest BCUT2D eigenvalue weighted by Gasteiger charge is 2.23. The van der Waals surface area contributed by atoms with Crippen molar-refractivity contribution >= 4 is 17.1 Å². The molecule has 1 N–H and O–H groups in total. The summed E-state index contributed by atoms with van der Waals surface area (Å²) >= 11 is 0. The standard InChI is InChI=1S/C21H25N5O4/c1-4-8-16(12-22)15(5-2)13-25-19(27)11-14(3)20(21(25)28)24-23-17-9-6-7-10-18(17)26(29)30/h6-7,9-11,15-16,28H,4-5,8,13H2,1-3H3. The number of aryl methyl sites for hydroxylation is 1. The summed E-state index contributed by atoms with van der Waals surface area (Å²) in [5, 5.41) is 39.3. The van der Waals surface area contributed by atoms with Gasteiger partial charge in [-0.05, 0) is 30.9 Å². The molecule has 2 rings (SSSR count). The number of aromatic hydroxyl groups is 1. The van der Waals surface area contributed by atoms with E-state index in [-0.39, 0.29) is 41.3 Å². The van der Waals surface area contributed by atoms with Crippen molar-refractivity contribution < 1.29 is 10.0 Å². The first kappa shape index (κ1) is 22.7. The van der Waals surface area contributed by atoms with Crippen LogP contribution in [0.25, 0.3) is 0 Å². The maximum absolute atomic E-state index is 12.5. The van der Waals surface area contributed by atoms with E-state index in [2.05, 4.69) is 16.3 Å². The molecule has 0 saturated heterocycles. The maximum atomic E-state index is 12.5. The van der Waals surface area contributed by atoms with Gasteiger partial charge in [0.15, 0.2) is 5.69 Å². The summed E-state index contributed by atoms with van der Waals surface area (Å²) in [5.74, 6) is -0.708. The quantitative estimate of drug-likeness (QED) is 0.346. The first-order valence-electron chi connectivity index (χ1n) is 9.82. The molecule has 0 aliphatic heterocycles. The average molecular weight is 411 g/mol. The van der Waals surface area contributed by atoms with Gasteiger partial charge >= 0.3 is 0 Å². The van der Waals surface area contributed by atoms with Crippen LogP contribution in [0.4, 0.5) is 17.1 Å². The van der Waals surface area contributed by atoms with Gasteiger partial charge in [-0.25, -0.2) is 0 Å². The van der Waals surface area contributed by atoms with Gasteiger partial charge in [0, 0.05) is 18.7 Å². The SMILES string of the molecule is CCCC(C#N)C(CC)Cn1c(O)c(N=Nc2ccccc2[N+](=O)[O-])c(C)cc1=O. The van der Waals surface area contributed by atoms with Gasteiger partial charge in [0.1, 0.15) is 5.69 Å². The summed E-state index contributed by atoms with van der Waals surface area (Å²) in [7, 11) is 0. The van der Waals surface area contributed by atoms with Gasteiger partial charge < -0.3 is 5.11 Å². The number of nitriles is 1. The molecule has 2 aromatic rings. The molecule has 2 atom stereocenters. The lowest BCUT2D eigenvalue weighted by atomic mass is 9.87. The van der Waals surface area contributed by atoms with E-state index in [1.807, 2.05) is 13.8 Å². The second-order valence-electron chi connectivity index (χ2n) is 7.09. The summed E-state index contributed by atoms with van der Waals surface area (Å²) in [4.78, 5) is 23.1. The number of para-hydroxylation sites is 1. The molecule has 158 valence electrons. The van der Waals surface area contributed by atoms with Crippen molar-refractivity contribution in [2.75, 3.05) is 0 Å². The minimum Gasteiger partial charge on any atom is -0.493 e. The molecule has 2 unspecified atom stereocenters. The van der Waals surface area contributed by atoms with Crippen LogP contribution in [0.15, 0.2) is 45.4 Å². The average Bonchev–Trinajstić information content (AvgIpc) is 2.72. The van der Waals surface area contributed by atoms with Crippen molar-refractivity contribution in [3.63, 3.8) is 0 Å². The Morgan fingerprint density at radius 2 is 2.00 bits per heavy atom. The van der Waals surface area contributed by atoms with E-state index in [9.17, 15) is 25.3 Å². The van der Waals surface area contributed by atoms with E-state index in [1.54, 1.807) is 13.0 Å². The Balaban J connectivity index is 2.46. The Morgan fingerprint density at radius 1 is 1.30 bits per heavy atom. The molecule has 1 aromatic carbocycles. The van der Waals surface area contributed by atoms with Crippen molar-refractivity contribution in [3.05, 3.63) is 56.4 Å². The molecule has 0 saturated carbocycles. The Hall–Kier alpha value is -3.54. The van der Waals surface area contributed by atoms with Crippen LogP contribution in [0, 0.1) is 40.2 Å². The molecular weight excluding hydrogens is 386 g/mol. The van der Waals surface area contributed by atoms with Crippen molar-refractivity contribution in [2.45, 2.75) is 46.6 Å². The van der Waals surface area contributed by atoms with Gasteiger partial charge in [0.05, 0.1) is 16.9 Å². The normalized spacial score (nSPS) is 13.1. The fourth-order valence-corrected chi connectivity index (χ4v) is 3.34. The number of pyridine rings is 1. The lowest BCUT2D eigenvalue weighted by molar-refractivity contribution is -0.384. The smallest absolute Gasteiger partial charge is 0.296 e. The highest BCUT2D eigenvalue weighted by Crippen LogP contribution is 2.34. The molecule has 30 heavy (non-hydrogen) atoms. The molecule has 9 heteroatoms. The van der Waals surface area contributed by atoms with Crippen molar-refractivity contribution in [1.82, 2.24) is 4.57 Å². The van der Waals surface area contributed by atoms with E-state index in [0.29, 0.717) is 18.4 Å². The third kappa shape index (κ3) is 5.08. The Morgan fingerprint density at radius 3 is 2.60 bits per heavy atom. The topological polar surface area (TPSA) is 134 Å². The molecule has 0 spiro atoms. The van der Waals surface area contributed by atoms with E-state index in [1.165, 1.54) is 28.8 Å². The van der Waals surface area contributed by atoms with Gasteiger partial charge in [0.2, 0.25) is 5.88 Å². The van der Waals surface area contributed by atoms with Crippen LogP contribution in [0.1, 0.15) is 38.7 Å². The predicted octanol–water partition coefficient (Wildman–Crippen LogP) is 5.15. The van der Waals surface area contributed by atoms with E-state index in [4.69, 9.17) is 0 Å². The van der Waals surface area contributed by atoms with Gasteiger partial charge in [-0.1, -0.05) is 38.8 Å². The lowest BCUT2D eigenvalue weighted by Gasteiger charge is -2.22. The molecule has 0 aliphatic rings. The van der Waals surface area contributed by atoms with Crippen molar-refractivity contribution in [3.8, 4) is 11.9 Å². The molecular formula is C21H25N5O4. The first-order valence-corrected chi connectivity index (χ1v) is 9.82. The van der Waals surface area contributed by atoms with Gasteiger partial charge in [-0.2, -0.15) is 5.26 Å². The number of benzene rings is 1. The molecule has 0 fully saturated rings. The highest BCUT2D eigenvalue weighted by molar-refractivity contribution is 5.58. The number of nitrogens with zero attached hydrogens (tertiary/aromatic N) is 5. The summed E-state index contributed by atoms with van der Waals surface area (Å²) in [6.07, 6.45) is 2.23. The fourth-order valence-electron chi connectivity index (χ4n) is 3.34. The number of aromatic nitrogens is 1. The molecule has 0 radical (unpaired) electrons. The number of hydrogen-bond acceptors (Lipinski definition) is 7. The lowest BCUT2D eigenvalue weighted by Crippen LogP contribution is -2.27. The number of azo groups is 1. The van der Waals surface area contributed by atoms with Crippen LogP contribution in [0.2, 0.25) is 0 Å². The minimum atomic E-state index is -0.566. The third-order valence-electron chi connectivity index (χ3n) is 5.06. The molecule has 1 aromatic heterocycles. The molecule has 9 nitrogen and oxygen atoms in total. The summed E-state index contributed by atoms with van der Waals surface area (Å²) < 4.78 is 1.19. The number of rotatable bonds is 9. The molecule has 0 aliphatic carbocycles. The zero-order valence-corrected chi connectivity index (χ0v) is 17.3. The van der Waals surface area contributed by atoms with Crippen molar-refractivity contribution in [2.24, 2.45) is 22.1 Å². The zero-order valence-electron chi connectivity index (χ0n) is 17.3. The fraction of sp³-hybridized carbons (Fsp3) is 0.429. The summed E-state index contributed by atoms with van der Waals surface area (Å²) in [6, 6.07) is 9.50. The Bertz CT molecular complexity index is 1040. The van der Waals surface area contributed by atoms with Gasteiger partial charge in [-0.3, -0.25) is 19.5 Å². The molecule has 0 amide bonds. The summed E-state index contributed by atoms with van der Waals surface area (Å²) in [5.41, 5.74) is -0.116. The Kier molecular flexibility index (Phi) is 7.81. The number of nitro benzene ring substituents is 1. The zero-order chi connectivity index (χ0) is 22.3. The largest absolute Gasteiger partial charge is 0.493 e. The van der Waals surface area contributed by atoms with Crippen LogP contribution in [-0.4, -0.2) is 14.6 Å². The third-order valence-corrected chi connectivity index (χ3v) is 5.06. The molecule has 0 bridgehead atoms. The number of hydrogen-bond donors (Lipinski definition) is 1.